The summed E-state index contributed by atoms with van der Waals surface area (Å²) in [5.41, 5.74) is 3.41. The van der Waals surface area contributed by atoms with Crippen LogP contribution in [0, 0.1) is 20.8 Å². The number of piperazine rings is 1. The monoisotopic (exact) mass is 415 g/mol. The van der Waals surface area contributed by atoms with E-state index in [-0.39, 0.29) is 17.3 Å². The summed E-state index contributed by atoms with van der Waals surface area (Å²) < 4.78 is 28.2. The number of hydrogen-bond donors (Lipinski definition) is 0. The number of carbonyl (C=O) groups excluding carboxylic acids is 1. The quantitative estimate of drug-likeness (QED) is 0.753. The summed E-state index contributed by atoms with van der Waals surface area (Å²) in [6.07, 6.45) is 0. The predicted octanol–water partition coefficient (Wildman–Crippen LogP) is 2.58. The molecule has 0 saturated carbocycles. The summed E-state index contributed by atoms with van der Waals surface area (Å²) in [6.45, 7) is 8.37. The van der Waals surface area contributed by atoms with E-state index in [0.717, 1.165) is 29.8 Å². The minimum Gasteiger partial charge on any atom is -0.339 e. The molecule has 0 spiro atoms. The van der Waals surface area contributed by atoms with Crippen LogP contribution in [0.1, 0.15) is 16.7 Å². The molecule has 1 amide bonds. The van der Waals surface area contributed by atoms with Gasteiger partial charge in [-0.2, -0.15) is 0 Å². The van der Waals surface area contributed by atoms with Crippen LogP contribution in [0.3, 0.4) is 0 Å². The first kappa shape index (κ1) is 21.3. The molecule has 0 atom stereocenters. The summed E-state index contributed by atoms with van der Waals surface area (Å²) >= 11 is 0. The topological polar surface area (TPSA) is 60.9 Å². The number of carbonyl (C=O) groups is 1. The van der Waals surface area contributed by atoms with E-state index in [1.54, 1.807) is 29.2 Å². The molecule has 1 aliphatic rings. The van der Waals surface area contributed by atoms with Gasteiger partial charge < -0.3 is 9.80 Å². The predicted molar refractivity (Wildman–Crippen MR) is 116 cm³/mol. The number of hydrogen-bond acceptors (Lipinski definition) is 4. The molecule has 7 heteroatoms. The Morgan fingerprint density at radius 3 is 2.00 bits per heavy atom. The lowest BCUT2D eigenvalue weighted by molar-refractivity contribution is -0.131. The van der Waals surface area contributed by atoms with Crippen LogP contribution in [0.2, 0.25) is 0 Å². The smallest absolute Gasteiger partial charge is 0.264 e. The third kappa shape index (κ3) is 4.97. The summed E-state index contributed by atoms with van der Waals surface area (Å²) in [4.78, 5) is 17.1. The van der Waals surface area contributed by atoms with E-state index >= 15 is 0 Å². The van der Waals surface area contributed by atoms with Gasteiger partial charge in [0.1, 0.15) is 6.54 Å². The average Bonchev–Trinajstić information content (AvgIpc) is 2.66. The molecule has 3 rings (SSSR count). The molecule has 6 nitrogen and oxygen atoms in total. The summed E-state index contributed by atoms with van der Waals surface area (Å²) in [7, 11) is -1.85. The summed E-state index contributed by atoms with van der Waals surface area (Å²) in [6, 6.07) is 12.4. The highest BCUT2D eigenvalue weighted by atomic mass is 32.2. The van der Waals surface area contributed by atoms with Crippen molar-refractivity contribution in [2.45, 2.75) is 25.7 Å². The number of anilines is 1. The summed E-state index contributed by atoms with van der Waals surface area (Å²) in [5.74, 6) is -0.173. The second-order valence-electron chi connectivity index (χ2n) is 7.85. The van der Waals surface area contributed by atoms with Crippen LogP contribution in [0.15, 0.2) is 47.4 Å². The van der Waals surface area contributed by atoms with Crippen molar-refractivity contribution in [2.24, 2.45) is 0 Å². The van der Waals surface area contributed by atoms with E-state index in [9.17, 15) is 13.2 Å². The molecule has 1 aliphatic heterocycles. The molecule has 29 heavy (non-hydrogen) atoms. The van der Waals surface area contributed by atoms with E-state index in [1.165, 1.54) is 4.31 Å². The SMILES string of the molecule is Cc1ccc(S(=O)(=O)N(CC(=O)N2CCN(C)CC2)c2cc(C)cc(C)c2)cc1. The first-order chi connectivity index (χ1) is 13.7. The van der Waals surface area contributed by atoms with Gasteiger partial charge in [0.25, 0.3) is 10.0 Å². The molecule has 0 radical (unpaired) electrons. The van der Waals surface area contributed by atoms with E-state index in [0.29, 0.717) is 18.8 Å². The van der Waals surface area contributed by atoms with Crippen LogP contribution in [0.25, 0.3) is 0 Å². The van der Waals surface area contributed by atoms with Crippen molar-refractivity contribution in [3.05, 3.63) is 59.2 Å². The Morgan fingerprint density at radius 1 is 0.897 bits per heavy atom. The lowest BCUT2D eigenvalue weighted by Gasteiger charge is -2.34. The van der Waals surface area contributed by atoms with Gasteiger partial charge in [0.15, 0.2) is 0 Å². The number of sulfonamides is 1. The van der Waals surface area contributed by atoms with Crippen LogP contribution in [-0.2, 0) is 14.8 Å². The lowest BCUT2D eigenvalue weighted by Crippen LogP contribution is -2.50. The van der Waals surface area contributed by atoms with Crippen LogP contribution < -0.4 is 4.31 Å². The molecule has 1 heterocycles. The molecule has 1 saturated heterocycles. The van der Waals surface area contributed by atoms with Gasteiger partial charge in [-0.1, -0.05) is 23.8 Å². The Kier molecular flexibility index (Phi) is 6.29. The number of nitrogens with zero attached hydrogens (tertiary/aromatic N) is 3. The largest absolute Gasteiger partial charge is 0.339 e. The minimum atomic E-state index is -3.87. The highest BCUT2D eigenvalue weighted by Gasteiger charge is 2.30. The van der Waals surface area contributed by atoms with Gasteiger partial charge in [-0.3, -0.25) is 9.10 Å². The third-order valence-corrected chi connectivity index (χ3v) is 7.03. The zero-order chi connectivity index (χ0) is 21.2. The van der Waals surface area contributed by atoms with Crippen molar-refractivity contribution in [3.63, 3.8) is 0 Å². The highest BCUT2D eigenvalue weighted by molar-refractivity contribution is 7.92. The van der Waals surface area contributed by atoms with E-state index in [2.05, 4.69) is 4.90 Å². The molecule has 2 aromatic carbocycles. The van der Waals surface area contributed by atoms with Crippen molar-refractivity contribution in [2.75, 3.05) is 44.1 Å². The minimum absolute atomic E-state index is 0.173. The second-order valence-corrected chi connectivity index (χ2v) is 9.72. The maximum Gasteiger partial charge on any atom is 0.264 e. The fraction of sp³-hybridized carbons (Fsp3) is 0.409. The maximum absolute atomic E-state index is 13.5. The average molecular weight is 416 g/mol. The normalized spacial score (nSPS) is 15.4. The van der Waals surface area contributed by atoms with E-state index in [1.807, 2.05) is 46.0 Å². The molecular formula is C22H29N3O3S. The molecule has 156 valence electrons. The zero-order valence-corrected chi connectivity index (χ0v) is 18.4. The number of amides is 1. The van der Waals surface area contributed by atoms with Gasteiger partial charge in [0.05, 0.1) is 10.6 Å². The van der Waals surface area contributed by atoms with E-state index in [4.69, 9.17) is 0 Å². The third-order valence-electron chi connectivity index (χ3n) is 5.24. The first-order valence-electron chi connectivity index (χ1n) is 9.81. The van der Waals surface area contributed by atoms with Gasteiger partial charge >= 0.3 is 0 Å². The molecule has 0 aromatic heterocycles. The van der Waals surface area contributed by atoms with Crippen molar-refractivity contribution >= 4 is 21.6 Å². The Labute approximate surface area is 173 Å². The number of likely N-dealkylation sites (N-methyl/N-ethyl adjacent to an activating group) is 1. The molecule has 2 aromatic rings. The van der Waals surface area contributed by atoms with Gasteiger partial charge in [-0.25, -0.2) is 8.42 Å². The van der Waals surface area contributed by atoms with Gasteiger partial charge in [-0.05, 0) is 63.2 Å². The fourth-order valence-electron chi connectivity index (χ4n) is 3.53. The molecule has 0 aliphatic carbocycles. The van der Waals surface area contributed by atoms with Gasteiger partial charge in [-0.15, -0.1) is 0 Å². The van der Waals surface area contributed by atoms with Gasteiger partial charge in [0.2, 0.25) is 5.91 Å². The Hall–Kier alpha value is -2.38. The van der Waals surface area contributed by atoms with E-state index < -0.39 is 10.0 Å². The summed E-state index contributed by atoms with van der Waals surface area (Å²) in [5, 5.41) is 0. The highest BCUT2D eigenvalue weighted by Crippen LogP contribution is 2.26. The van der Waals surface area contributed by atoms with Crippen molar-refractivity contribution < 1.29 is 13.2 Å². The Bertz CT molecular complexity index is 959. The van der Waals surface area contributed by atoms with Crippen LogP contribution in [0.5, 0.6) is 0 Å². The second kappa shape index (κ2) is 8.55. The number of rotatable bonds is 5. The van der Waals surface area contributed by atoms with Crippen LogP contribution in [-0.4, -0.2) is 63.9 Å². The number of benzene rings is 2. The van der Waals surface area contributed by atoms with Crippen molar-refractivity contribution in [3.8, 4) is 0 Å². The van der Waals surface area contributed by atoms with Gasteiger partial charge in [0, 0.05) is 26.2 Å². The standard InChI is InChI=1S/C22H29N3O3S/c1-17-5-7-21(8-6-17)29(27,28)25(20-14-18(2)13-19(3)15-20)16-22(26)24-11-9-23(4)10-12-24/h5-8,13-15H,9-12,16H2,1-4H3. The molecule has 1 fully saturated rings. The van der Waals surface area contributed by atoms with Crippen LogP contribution in [0.4, 0.5) is 5.69 Å². The molecule has 0 N–H and O–H groups in total. The Balaban J connectivity index is 1.97. The molecular weight excluding hydrogens is 386 g/mol. The zero-order valence-electron chi connectivity index (χ0n) is 17.6. The molecule has 0 unspecified atom stereocenters. The lowest BCUT2D eigenvalue weighted by atomic mass is 10.1. The van der Waals surface area contributed by atoms with Crippen molar-refractivity contribution in [1.82, 2.24) is 9.80 Å². The maximum atomic E-state index is 13.5. The fourth-order valence-corrected chi connectivity index (χ4v) is 4.92. The molecule has 0 bridgehead atoms. The number of aryl methyl sites for hydroxylation is 3. The van der Waals surface area contributed by atoms with Crippen LogP contribution >= 0.6 is 0 Å². The van der Waals surface area contributed by atoms with Crippen molar-refractivity contribution in [1.29, 1.82) is 0 Å². The first-order valence-corrected chi connectivity index (χ1v) is 11.2. The Morgan fingerprint density at radius 2 is 1.45 bits per heavy atom.